The SMILES string of the molecule is CC(=O)OCC(O)(CO)CO[C@@H]1C2COC[C@]3(C[C@H]1OC(C)=O)C1=CC(=O)C4C(CCC(CC(C)C)C4C(=O)O)C1CCC23. The van der Waals surface area contributed by atoms with Gasteiger partial charge in [-0.05, 0) is 74.2 Å². The smallest absolute Gasteiger partial charge is 0.307 e. The van der Waals surface area contributed by atoms with Gasteiger partial charge in [-0.2, -0.15) is 0 Å². The summed E-state index contributed by atoms with van der Waals surface area (Å²) in [6.45, 7) is 5.93. The first kappa shape index (κ1) is 33.0. The van der Waals surface area contributed by atoms with Crippen LogP contribution >= 0.6 is 0 Å². The van der Waals surface area contributed by atoms with Crippen LogP contribution in [0.15, 0.2) is 11.6 Å². The molecule has 1 heterocycles. The molecule has 0 aromatic heterocycles. The van der Waals surface area contributed by atoms with E-state index >= 15 is 0 Å². The van der Waals surface area contributed by atoms with Gasteiger partial charge in [-0.1, -0.05) is 19.4 Å². The molecular formula is C33H48O11. The Kier molecular flexibility index (Phi) is 9.62. The number of ketones is 1. The summed E-state index contributed by atoms with van der Waals surface area (Å²) in [5.41, 5.74) is -1.39. The fraction of sp³-hybridized carbons (Fsp3) is 0.818. The molecule has 11 heteroatoms. The van der Waals surface area contributed by atoms with E-state index in [1.807, 2.05) is 0 Å². The minimum absolute atomic E-state index is 0.0242. The van der Waals surface area contributed by atoms with Crippen LogP contribution in [0.1, 0.15) is 66.2 Å². The summed E-state index contributed by atoms with van der Waals surface area (Å²) in [6.07, 6.45) is 4.77. The van der Waals surface area contributed by atoms with E-state index in [1.54, 1.807) is 6.08 Å². The minimum atomic E-state index is -1.84. The summed E-state index contributed by atoms with van der Waals surface area (Å²) < 4.78 is 23.2. The molecule has 0 spiro atoms. The van der Waals surface area contributed by atoms with Crippen molar-refractivity contribution in [3.8, 4) is 0 Å². The molecule has 4 aliphatic carbocycles. The number of rotatable bonds is 10. The first-order valence-corrected chi connectivity index (χ1v) is 16.1. The Morgan fingerprint density at radius 3 is 2.48 bits per heavy atom. The van der Waals surface area contributed by atoms with Crippen LogP contribution in [0, 0.1) is 52.8 Å². The van der Waals surface area contributed by atoms with Crippen LogP contribution in [0.3, 0.4) is 0 Å². The summed E-state index contributed by atoms with van der Waals surface area (Å²) in [4.78, 5) is 50.2. The highest BCUT2D eigenvalue weighted by Gasteiger charge is 2.64. The predicted octanol–water partition coefficient (Wildman–Crippen LogP) is 2.55. The molecular weight excluding hydrogens is 572 g/mol. The van der Waals surface area contributed by atoms with E-state index in [-0.39, 0.29) is 42.0 Å². The van der Waals surface area contributed by atoms with E-state index in [2.05, 4.69) is 13.8 Å². The zero-order valence-corrected chi connectivity index (χ0v) is 26.2. The molecule has 0 aromatic carbocycles. The number of ether oxygens (including phenoxy) is 4. The molecule has 8 unspecified atom stereocenters. The molecule has 0 aromatic rings. The van der Waals surface area contributed by atoms with Crippen molar-refractivity contribution in [2.75, 3.05) is 33.0 Å². The zero-order chi connectivity index (χ0) is 32.0. The molecule has 44 heavy (non-hydrogen) atoms. The first-order valence-electron chi connectivity index (χ1n) is 16.1. The Morgan fingerprint density at radius 2 is 1.84 bits per heavy atom. The van der Waals surface area contributed by atoms with Gasteiger partial charge in [0.1, 0.15) is 18.3 Å². The number of carbonyl (C=O) groups is 4. The van der Waals surface area contributed by atoms with Gasteiger partial charge in [0, 0.05) is 31.1 Å². The number of carboxylic acids is 1. The maximum absolute atomic E-state index is 14.0. The van der Waals surface area contributed by atoms with Gasteiger partial charge in [0.25, 0.3) is 0 Å². The number of aliphatic carboxylic acids is 1. The van der Waals surface area contributed by atoms with E-state index in [1.165, 1.54) is 13.8 Å². The van der Waals surface area contributed by atoms with Gasteiger partial charge in [0.05, 0.1) is 38.4 Å². The molecule has 5 aliphatic rings. The predicted molar refractivity (Wildman–Crippen MR) is 155 cm³/mol. The van der Waals surface area contributed by atoms with Gasteiger partial charge in [-0.25, -0.2) is 0 Å². The minimum Gasteiger partial charge on any atom is -0.481 e. The van der Waals surface area contributed by atoms with E-state index in [0.29, 0.717) is 25.6 Å². The Morgan fingerprint density at radius 1 is 1.09 bits per heavy atom. The lowest BCUT2D eigenvalue weighted by atomic mass is 9.45. The van der Waals surface area contributed by atoms with E-state index in [4.69, 9.17) is 18.9 Å². The number of aliphatic hydroxyl groups excluding tert-OH is 1. The molecule has 4 fully saturated rings. The number of allylic oxidation sites excluding steroid dienone is 1. The second-order valence-corrected chi connectivity index (χ2v) is 14.4. The summed E-state index contributed by atoms with van der Waals surface area (Å²) >= 11 is 0. The van der Waals surface area contributed by atoms with Crippen LogP contribution in [0.2, 0.25) is 0 Å². The van der Waals surface area contributed by atoms with Crippen molar-refractivity contribution in [1.82, 2.24) is 0 Å². The molecule has 1 saturated heterocycles. The first-order chi connectivity index (χ1) is 20.8. The van der Waals surface area contributed by atoms with Gasteiger partial charge < -0.3 is 34.3 Å². The van der Waals surface area contributed by atoms with Crippen molar-refractivity contribution in [3.63, 3.8) is 0 Å². The third-order valence-electron chi connectivity index (χ3n) is 11.1. The van der Waals surface area contributed by atoms with Crippen molar-refractivity contribution >= 4 is 23.7 Å². The van der Waals surface area contributed by atoms with Crippen LogP contribution in [0.5, 0.6) is 0 Å². The lowest BCUT2D eigenvalue weighted by molar-refractivity contribution is -0.237. The summed E-state index contributed by atoms with van der Waals surface area (Å²) in [5, 5.41) is 31.0. The topological polar surface area (TPSA) is 166 Å². The highest BCUT2D eigenvalue weighted by atomic mass is 16.6. The standard InChI is InChI=1S/C33H48O11/c1-17(2)9-20-5-6-22-21-7-8-24-23-12-41-16-33(24,25(21)10-26(37)29(22)28(20)31(38)39)11-27(44-19(4)36)30(23)43-15-32(40,13-34)14-42-18(3)35/h10,17,20-24,27-30,34,40H,5-9,11-16H2,1-4H3,(H,38,39)/t20?,21?,22?,23?,24?,27-,28?,29?,30-,32?,33+/m1/s1. The van der Waals surface area contributed by atoms with Gasteiger partial charge >= 0.3 is 17.9 Å². The average molecular weight is 621 g/mol. The number of carbonyl (C=O) groups excluding carboxylic acids is 3. The normalized spacial score (nSPS) is 39.2. The van der Waals surface area contributed by atoms with E-state index < -0.39 is 66.2 Å². The number of carboxylic acid groups (broad SMARTS) is 1. The number of esters is 2. The number of hydrogen-bond donors (Lipinski definition) is 3. The molecule has 11 atom stereocenters. The van der Waals surface area contributed by atoms with Crippen LogP contribution in [0.4, 0.5) is 0 Å². The van der Waals surface area contributed by atoms with Gasteiger partial charge in [0.15, 0.2) is 5.78 Å². The Hall–Kier alpha value is -2.34. The zero-order valence-electron chi connectivity index (χ0n) is 26.2. The summed E-state index contributed by atoms with van der Waals surface area (Å²) in [6, 6.07) is 0. The summed E-state index contributed by atoms with van der Waals surface area (Å²) in [7, 11) is 0. The van der Waals surface area contributed by atoms with Crippen LogP contribution in [-0.4, -0.2) is 89.9 Å². The van der Waals surface area contributed by atoms with Crippen LogP contribution in [0.25, 0.3) is 0 Å². The monoisotopic (exact) mass is 620 g/mol. The van der Waals surface area contributed by atoms with Crippen LogP contribution < -0.4 is 0 Å². The Balaban J connectivity index is 1.45. The molecule has 246 valence electrons. The van der Waals surface area contributed by atoms with Crippen molar-refractivity contribution in [3.05, 3.63) is 11.6 Å². The molecule has 2 bridgehead atoms. The van der Waals surface area contributed by atoms with Crippen molar-refractivity contribution in [2.45, 2.75) is 84.0 Å². The average Bonchev–Trinajstić information content (AvgIpc) is 2.94. The van der Waals surface area contributed by atoms with Crippen molar-refractivity contribution in [1.29, 1.82) is 0 Å². The number of aliphatic hydroxyl groups is 2. The Bertz CT molecular complexity index is 1160. The molecule has 3 saturated carbocycles. The molecule has 1 aliphatic heterocycles. The third-order valence-corrected chi connectivity index (χ3v) is 11.1. The molecule has 5 rings (SSSR count). The van der Waals surface area contributed by atoms with E-state index in [9.17, 15) is 34.5 Å². The highest BCUT2D eigenvalue weighted by molar-refractivity contribution is 5.97. The van der Waals surface area contributed by atoms with Gasteiger partial charge in [-0.15, -0.1) is 0 Å². The quantitative estimate of drug-likeness (QED) is 0.307. The lowest BCUT2D eigenvalue weighted by Crippen LogP contribution is -2.65. The fourth-order valence-corrected chi connectivity index (χ4v) is 9.59. The van der Waals surface area contributed by atoms with Gasteiger partial charge in [-0.3, -0.25) is 19.2 Å². The van der Waals surface area contributed by atoms with E-state index in [0.717, 1.165) is 37.7 Å². The highest BCUT2D eigenvalue weighted by Crippen LogP contribution is 2.64. The molecule has 11 nitrogen and oxygen atoms in total. The maximum atomic E-state index is 14.0. The molecule has 3 N–H and O–H groups in total. The third kappa shape index (κ3) is 6.09. The fourth-order valence-electron chi connectivity index (χ4n) is 9.59. The van der Waals surface area contributed by atoms with Crippen molar-refractivity contribution < 1.29 is 53.4 Å². The van der Waals surface area contributed by atoms with Crippen LogP contribution in [-0.2, 0) is 38.1 Å². The largest absolute Gasteiger partial charge is 0.481 e. The molecule has 0 radical (unpaired) electrons. The van der Waals surface area contributed by atoms with Gasteiger partial charge in [0.2, 0.25) is 0 Å². The maximum Gasteiger partial charge on any atom is 0.307 e. The number of fused-ring (bicyclic) bond motifs is 3. The Labute approximate surface area is 258 Å². The molecule has 0 amide bonds. The lowest BCUT2D eigenvalue weighted by Gasteiger charge is -2.63. The number of hydrogen-bond acceptors (Lipinski definition) is 10. The summed E-state index contributed by atoms with van der Waals surface area (Å²) in [5.74, 6) is -3.15. The second-order valence-electron chi connectivity index (χ2n) is 14.4. The second kappa shape index (κ2) is 12.8. The van der Waals surface area contributed by atoms with Crippen molar-refractivity contribution in [2.24, 2.45) is 52.8 Å².